The van der Waals surface area contributed by atoms with E-state index in [-0.39, 0.29) is 11.7 Å². The van der Waals surface area contributed by atoms with Crippen LogP contribution in [0.5, 0.6) is 0 Å². The second kappa shape index (κ2) is 5.70. The van der Waals surface area contributed by atoms with Crippen LogP contribution < -0.4 is 10.6 Å². The third-order valence-electron chi connectivity index (χ3n) is 2.15. The summed E-state index contributed by atoms with van der Waals surface area (Å²) in [5.41, 5.74) is -0.990. The maximum Gasteiger partial charge on any atom is 0.433 e. The van der Waals surface area contributed by atoms with Crippen LogP contribution in [0, 0.1) is 0 Å². The second-order valence-electron chi connectivity index (χ2n) is 3.67. The van der Waals surface area contributed by atoms with Gasteiger partial charge in [0.15, 0.2) is 0 Å². The lowest BCUT2D eigenvalue weighted by molar-refractivity contribution is -0.141. The Bertz CT molecular complexity index is 420. The zero-order valence-corrected chi connectivity index (χ0v) is 10.0. The molecule has 7 heteroatoms. The van der Waals surface area contributed by atoms with Gasteiger partial charge in [0.25, 0.3) is 0 Å². The van der Waals surface area contributed by atoms with E-state index >= 15 is 0 Å². The van der Waals surface area contributed by atoms with Crippen molar-refractivity contribution in [3.05, 3.63) is 23.9 Å². The molecule has 100 valence electrons. The molecular formula is C11H14F3N3O. The zero-order valence-electron chi connectivity index (χ0n) is 10.0. The summed E-state index contributed by atoms with van der Waals surface area (Å²) >= 11 is 0. The molecule has 1 aromatic rings. The van der Waals surface area contributed by atoms with Crippen molar-refractivity contribution in [2.75, 3.05) is 11.9 Å². The van der Waals surface area contributed by atoms with Crippen LogP contribution in [0.4, 0.5) is 19.0 Å². The maximum atomic E-state index is 12.4. The van der Waals surface area contributed by atoms with E-state index in [0.29, 0.717) is 6.54 Å². The van der Waals surface area contributed by atoms with Gasteiger partial charge in [-0.15, -0.1) is 0 Å². The fraction of sp³-hybridized carbons (Fsp3) is 0.455. The second-order valence-corrected chi connectivity index (χ2v) is 3.67. The Hall–Kier alpha value is -1.79. The van der Waals surface area contributed by atoms with Crippen LogP contribution in [-0.2, 0) is 11.0 Å². The number of alkyl halides is 3. The summed E-state index contributed by atoms with van der Waals surface area (Å²) in [7, 11) is 0. The van der Waals surface area contributed by atoms with Crippen LogP contribution in [0.2, 0.25) is 0 Å². The molecule has 18 heavy (non-hydrogen) atoms. The highest BCUT2D eigenvalue weighted by Gasteiger charge is 2.32. The Morgan fingerprint density at radius 3 is 2.67 bits per heavy atom. The van der Waals surface area contributed by atoms with Gasteiger partial charge in [-0.1, -0.05) is 6.07 Å². The first-order valence-corrected chi connectivity index (χ1v) is 5.43. The van der Waals surface area contributed by atoms with Crippen LogP contribution in [0.15, 0.2) is 18.2 Å². The number of aromatic nitrogens is 1. The van der Waals surface area contributed by atoms with E-state index in [0.717, 1.165) is 6.07 Å². The molecule has 1 rings (SSSR count). The van der Waals surface area contributed by atoms with Crippen molar-refractivity contribution < 1.29 is 18.0 Å². The van der Waals surface area contributed by atoms with Gasteiger partial charge in [-0.2, -0.15) is 13.2 Å². The van der Waals surface area contributed by atoms with Gasteiger partial charge >= 0.3 is 6.18 Å². The summed E-state index contributed by atoms with van der Waals surface area (Å²) in [5.74, 6) is -0.278. The lowest BCUT2D eigenvalue weighted by atomic mass is 10.3. The largest absolute Gasteiger partial charge is 0.433 e. The summed E-state index contributed by atoms with van der Waals surface area (Å²) in [4.78, 5) is 14.8. The minimum Gasteiger partial charge on any atom is -0.359 e. The average molecular weight is 261 g/mol. The van der Waals surface area contributed by atoms with Gasteiger partial charge in [0, 0.05) is 6.54 Å². The van der Waals surface area contributed by atoms with Gasteiger partial charge in [-0.05, 0) is 26.0 Å². The molecular weight excluding hydrogens is 247 g/mol. The standard InChI is InChI=1S/C11H14F3N3O/c1-3-15-10(18)7(2)16-9-6-4-5-8(17-9)11(12,13)14/h4-7H,3H2,1-2H3,(H,15,18)(H,16,17). The summed E-state index contributed by atoms with van der Waals surface area (Å²) in [5, 5.41) is 5.17. The van der Waals surface area contributed by atoms with Gasteiger partial charge < -0.3 is 10.6 Å². The Labute approximate surface area is 103 Å². The Kier molecular flexibility index (Phi) is 4.52. The molecule has 0 aliphatic carbocycles. The van der Waals surface area contributed by atoms with Crippen LogP contribution in [-0.4, -0.2) is 23.5 Å². The molecule has 0 aromatic carbocycles. The Balaban J connectivity index is 2.76. The molecule has 0 saturated carbocycles. The molecule has 1 unspecified atom stereocenters. The number of likely N-dealkylation sites (N-methyl/N-ethyl adjacent to an activating group) is 1. The van der Waals surface area contributed by atoms with Gasteiger partial charge in [0.05, 0.1) is 0 Å². The number of hydrogen-bond acceptors (Lipinski definition) is 3. The van der Waals surface area contributed by atoms with Crippen molar-refractivity contribution in [2.45, 2.75) is 26.1 Å². The van der Waals surface area contributed by atoms with Gasteiger partial charge in [0.2, 0.25) is 5.91 Å². The predicted molar refractivity (Wildman–Crippen MR) is 61.0 cm³/mol. The zero-order chi connectivity index (χ0) is 13.8. The summed E-state index contributed by atoms with van der Waals surface area (Å²) in [6, 6.07) is 2.84. The number of anilines is 1. The summed E-state index contributed by atoms with van der Waals surface area (Å²) in [6.45, 7) is 3.76. The number of hydrogen-bond donors (Lipinski definition) is 2. The van der Waals surface area contributed by atoms with E-state index in [4.69, 9.17) is 0 Å². The van der Waals surface area contributed by atoms with E-state index < -0.39 is 17.9 Å². The Morgan fingerprint density at radius 2 is 2.11 bits per heavy atom. The number of nitrogens with zero attached hydrogens (tertiary/aromatic N) is 1. The van der Waals surface area contributed by atoms with Crippen LogP contribution >= 0.6 is 0 Å². The van der Waals surface area contributed by atoms with Crippen molar-refractivity contribution in [3.8, 4) is 0 Å². The third kappa shape index (κ3) is 3.90. The summed E-state index contributed by atoms with van der Waals surface area (Å²) < 4.78 is 37.2. The number of nitrogens with one attached hydrogen (secondary N) is 2. The van der Waals surface area contributed by atoms with E-state index in [1.54, 1.807) is 13.8 Å². The van der Waals surface area contributed by atoms with E-state index in [2.05, 4.69) is 15.6 Å². The maximum absolute atomic E-state index is 12.4. The van der Waals surface area contributed by atoms with Crippen molar-refractivity contribution in [1.29, 1.82) is 0 Å². The highest BCUT2D eigenvalue weighted by Crippen LogP contribution is 2.28. The number of amides is 1. The number of halogens is 3. The molecule has 1 aromatic heterocycles. The first-order chi connectivity index (χ1) is 8.34. The van der Waals surface area contributed by atoms with Crippen LogP contribution in [0.1, 0.15) is 19.5 Å². The van der Waals surface area contributed by atoms with Crippen molar-refractivity contribution in [1.82, 2.24) is 10.3 Å². The highest BCUT2D eigenvalue weighted by molar-refractivity contribution is 5.83. The number of rotatable bonds is 4. The lowest BCUT2D eigenvalue weighted by Gasteiger charge is -2.15. The van der Waals surface area contributed by atoms with Crippen molar-refractivity contribution in [2.24, 2.45) is 0 Å². The fourth-order valence-electron chi connectivity index (χ4n) is 1.29. The monoisotopic (exact) mass is 261 g/mol. The minimum absolute atomic E-state index is 0.0172. The molecule has 0 saturated heterocycles. The number of pyridine rings is 1. The Morgan fingerprint density at radius 1 is 1.44 bits per heavy atom. The molecule has 1 heterocycles. The van der Waals surface area contributed by atoms with E-state index in [1.807, 2.05) is 0 Å². The first kappa shape index (κ1) is 14.3. The molecule has 0 radical (unpaired) electrons. The van der Waals surface area contributed by atoms with Crippen LogP contribution in [0.25, 0.3) is 0 Å². The first-order valence-electron chi connectivity index (χ1n) is 5.43. The smallest absolute Gasteiger partial charge is 0.359 e. The quantitative estimate of drug-likeness (QED) is 0.872. The molecule has 0 aliphatic rings. The molecule has 0 aliphatic heterocycles. The molecule has 1 amide bonds. The van der Waals surface area contributed by atoms with Crippen LogP contribution in [0.3, 0.4) is 0 Å². The summed E-state index contributed by atoms with van der Waals surface area (Å²) in [6.07, 6.45) is -4.49. The fourth-order valence-corrected chi connectivity index (χ4v) is 1.29. The normalized spacial score (nSPS) is 12.9. The molecule has 0 spiro atoms. The third-order valence-corrected chi connectivity index (χ3v) is 2.15. The minimum atomic E-state index is -4.49. The van der Waals surface area contributed by atoms with Gasteiger partial charge in [-0.25, -0.2) is 4.98 Å². The van der Waals surface area contributed by atoms with E-state index in [9.17, 15) is 18.0 Å². The molecule has 2 N–H and O–H groups in total. The van der Waals surface area contributed by atoms with Gasteiger partial charge in [-0.3, -0.25) is 4.79 Å². The molecule has 4 nitrogen and oxygen atoms in total. The SMILES string of the molecule is CCNC(=O)C(C)Nc1cccc(C(F)(F)F)n1. The highest BCUT2D eigenvalue weighted by atomic mass is 19.4. The molecule has 0 bridgehead atoms. The van der Waals surface area contributed by atoms with Gasteiger partial charge in [0.1, 0.15) is 17.6 Å². The average Bonchev–Trinajstić information content (AvgIpc) is 2.28. The number of carbonyl (C=O) groups is 1. The topological polar surface area (TPSA) is 54.0 Å². The van der Waals surface area contributed by atoms with Crippen molar-refractivity contribution >= 4 is 11.7 Å². The van der Waals surface area contributed by atoms with E-state index in [1.165, 1.54) is 12.1 Å². The van der Waals surface area contributed by atoms with Crippen molar-refractivity contribution in [3.63, 3.8) is 0 Å². The lowest BCUT2D eigenvalue weighted by Crippen LogP contribution is -2.37. The number of carbonyl (C=O) groups excluding carboxylic acids is 1. The molecule has 1 atom stereocenters. The molecule has 0 fully saturated rings. The predicted octanol–water partition coefficient (Wildman–Crippen LogP) is 2.04.